The van der Waals surface area contributed by atoms with E-state index in [0.29, 0.717) is 18.1 Å². The third-order valence-electron chi connectivity index (χ3n) is 3.10. The summed E-state index contributed by atoms with van der Waals surface area (Å²) < 4.78 is 5.77. The van der Waals surface area contributed by atoms with Crippen molar-refractivity contribution in [3.05, 3.63) is 65.2 Å². The molecule has 0 saturated heterocycles. The fourth-order valence-corrected chi connectivity index (χ4v) is 1.91. The van der Waals surface area contributed by atoms with Crippen molar-refractivity contribution in [3.8, 4) is 5.75 Å². The first kappa shape index (κ1) is 13.3. The summed E-state index contributed by atoms with van der Waals surface area (Å²) in [5.41, 5.74) is 2.84. The molecule has 0 amide bonds. The molecule has 0 bridgehead atoms. The molecular weight excluding hydrogens is 236 g/mol. The molecule has 2 aromatic carbocycles. The molecule has 0 unspecified atom stereocenters. The number of carbonyl (C=O) groups is 1. The van der Waals surface area contributed by atoms with Crippen LogP contribution in [0.15, 0.2) is 48.5 Å². The van der Waals surface area contributed by atoms with Crippen molar-refractivity contribution in [3.63, 3.8) is 0 Å². The van der Waals surface area contributed by atoms with E-state index >= 15 is 0 Å². The van der Waals surface area contributed by atoms with E-state index in [0.717, 1.165) is 17.6 Å². The Morgan fingerprint density at radius 2 is 1.89 bits per heavy atom. The maximum Gasteiger partial charge on any atom is 0.150 e. The molecule has 2 nitrogen and oxygen atoms in total. The van der Waals surface area contributed by atoms with Gasteiger partial charge < -0.3 is 4.74 Å². The van der Waals surface area contributed by atoms with Gasteiger partial charge in [0.2, 0.25) is 0 Å². The van der Waals surface area contributed by atoms with E-state index in [-0.39, 0.29) is 0 Å². The maximum absolute atomic E-state index is 10.9. The van der Waals surface area contributed by atoms with E-state index in [1.54, 1.807) is 6.07 Å². The summed E-state index contributed by atoms with van der Waals surface area (Å²) >= 11 is 0. The van der Waals surface area contributed by atoms with E-state index in [1.165, 1.54) is 5.56 Å². The van der Waals surface area contributed by atoms with Crippen LogP contribution in [0.4, 0.5) is 0 Å². The Morgan fingerprint density at radius 3 is 2.63 bits per heavy atom. The topological polar surface area (TPSA) is 26.3 Å². The van der Waals surface area contributed by atoms with E-state index in [4.69, 9.17) is 4.74 Å². The third-order valence-corrected chi connectivity index (χ3v) is 3.10. The van der Waals surface area contributed by atoms with E-state index in [1.807, 2.05) is 36.4 Å². The first-order valence-corrected chi connectivity index (χ1v) is 6.46. The molecule has 2 rings (SSSR count). The van der Waals surface area contributed by atoms with Crippen LogP contribution in [-0.4, -0.2) is 6.29 Å². The minimum Gasteiger partial charge on any atom is -0.489 e. The minimum absolute atomic E-state index is 0.413. The molecule has 0 heterocycles. The second-order valence-corrected chi connectivity index (χ2v) is 4.83. The molecule has 98 valence electrons. The Labute approximate surface area is 114 Å². The predicted molar refractivity (Wildman–Crippen MR) is 76.7 cm³/mol. The van der Waals surface area contributed by atoms with Crippen LogP contribution in [0.25, 0.3) is 0 Å². The summed E-state index contributed by atoms with van der Waals surface area (Å²) in [4.78, 5) is 10.9. The Hall–Kier alpha value is -2.09. The summed E-state index contributed by atoms with van der Waals surface area (Å²) in [6.45, 7) is 4.72. The van der Waals surface area contributed by atoms with Gasteiger partial charge in [-0.2, -0.15) is 0 Å². The van der Waals surface area contributed by atoms with Gasteiger partial charge in [-0.05, 0) is 29.2 Å². The fourth-order valence-electron chi connectivity index (χ4n) is 1.91. The summed E-state index contributed by atoms with van der Waals surface area (Å²) in [6, 6.07) is 15.6. The number of hydrogen-bond donors (Lipinski definition) is 0. The molecule has 0 saturated carbocycles. The number of ether oxygens (including phenoxy) is 1. The molecular formula is C17H18O2. The zero-order valence-electron chi connectivity index (χ0n) is 11.3. The Morgan fingerprint density at radius 1 is 1.11 bits per heavy atom. The largest absolute Gasteiger partial charge is 0.489 e. The normalized spacial score (nSPS) is 10.5. The van der Waals surface area contributed by atoms with Crippen LogP contribution in [0.1, 0.15) is 41.3 Å². The van der Waals surface area contributed by atoms with Crippen molar-refractivity contribution in [1.82, 2.24) is 0 Å². The van der Waals surface area contributed by atoms with Crippen molar-refractivity contribution >= 4 is 6.29 Å². The summed E-state index contributed by atoms with van der Waals surface area (Å²) in [5, 5.41) is 0. The van der Waals surface area contributed by atoms with Gasteiger partial charge in [0.25, 0.3) is 0 Å². The summed E-state index contributed by atoms with van der Waals surface area (Å²) in [6.07, 6.45) is 0.864. The highest BCUT2D eigenvalue weighted by atomic mass is 16.5. The summed E-state index contributed by atoms with van der Waals surface area (Å²) in [5.74, 6) is 1.32. The molecule has 2 aromatic rings. The predicted octanol–water partition coefficient (Wildman–Crippen LogP) is 4.20. The lowest BCUT2D eigenvalue weighted by Gasteiger charge is -2.11. The monoisotopic (exact) mass is 254 g/mol. The molecule has 0 aliphatic heterocycles. The Kier molecular flexibility index (Phi) is 4.35. The first-order valence-electron chi connectivity index (χ1n) is 6.46. The number of hydrogen-bond acceptors (Lipinski definition) is 2. The number of carbonyl (C=O) groups excluding carboxylic acids is 1. The number of aldehydes is 1. The SMILES string of the molecule is CC(C)c1cccc(OCc2ccccc2C=O)c1. The van der Waals surface area contributed by atoms with Crippen molar-refractivity contribution < 1.29 is 9.53 Å². The smallest absolute Gasteiger partial charge is 0.150 e. The second kappa shape index (κ2) is 6.19. The standard InChI is InChI=1S/C17H18O2/c1-13(2)14-8-5-9-17(10-14)19-12-16-7-4-3-6-15(16)11-18/h3-11,13H,12H2,1-2H3. The average Bonchev–Trinajstić information content (AvgIpc) is 2.45. The quantitative estimate of drug-likeness (QED) is 0.747. The van der Waals surface area contributed by atoms with Gasteiger partial charge in [0.15, 0.2) is 0 Å². The van der Waals surface area contributed by atoms with Crippen LogP contribution in [-0.2, 0) is 6.61 Å². The van der Waals surface area contributed by atoms with Gasteiger partial charge in [0.1, 0.15) is 18.6 Å². The molecule has 0 radical (unpaired) electrons. The fraction of sp³-hybridized carbons (Fsp3) is 0.235. The van der Waals surface area contributed by atoms with Crippen molar-refractivity contribution in [2.24, 2.45) is 0 Å². The third kappa shape index (κ3) is 3.44. The molecule has 0 spiro atoms. The Bertz CT molecular complexity index is 559. The van der Waals surface area contributed by atoms with Crippen molar-refractivity contribution in [2.45, 2.75) is 26.4 Å². The lowest BCUT2D eigenvalue weighted by molar-refractivity contribution is 0.112. The molecule has 0 aromatic heterocycles. The van der Waals surface area contributed by atoms with Crippen LogP contribution in [0, 0.1) is 0 Å². The number of rotatable bonds is 5. The summed E-state index contributed by atoms with van der Waals surface area (Å²) in [7, 11) is 0. The first-order chi connectivity index (χ1) is 9.20. The van der Waals surface area contributed by atoms with E-state index < -0.39 is 0 Å². The van der Waals surface area contributed by atoms with Crippen LogP contribution in [0.2, 0.25) is 0 Å². The van der Waals surface area contributed by atoms with Crippen molar-refractivity contribution in [2.75, 3.05) is 0 Å². The van der Waals surface area contributed by atoms with Crippen LogP contribution in [0.5, 0.6) is 5.75 Å². The van der Waals surface area contributed by atoms with Gasteiger partial charge in [-0.1, -0.05) is 50.2 Å². The molecule has 0 aliphatic rings. The zero-order chi connectivity index (χ0) is 13.7. The zero-order valence-corrected chi connectivity index (χ0v) is 11.3. The lowest BCUT2D eigenvalue weighted by atomic mass is 10.0. The van der Waals surface area contributed by atoms with Crippen LogP contribution < -0.4 is 4.74 Å². The van der Waals surface area contributed by atoms with Gasteiger partial charge >= 0.3 is 0 Å². The van der Waals surface area contributed by atoms with E-state index in [9.17, 15) is 4.79 Å². The van der Waals surface area contributed by atoms with Crippen molar-refractivity contribution in [1.29, 1.82) is 0 Å². The minimum atomic E-state index is 0.413. The van der Waals surface area contributed by atoms with Gasteiger partial charge in [-0.25, -0.2) is 0 Å². The molecule has 2 heteroatoms. The average molecular weight is 254 g/mol. The van der Waals surface area contributed by atoms with E-state index in [2.05, 4.69) is 19.9 Å². The molecule has 0 fully saturated rings. The van der Waals surface area contributed by atoms with Crippen LogP contribution >= 0.6 is 0 Å². The highest BCUT2D eigenvalue weighted by molar-refractivity contribution is 5.77. The van der Waals surface area contributed by atoms with Gasteiger partial charge in [0.05, 0.1) is 0 Å². The molecule has 0 aliphatic carbocycles. The number of benzene rings is 2. The highest BCUT2D eigenvalue weighted by Gasteiger charge is 2.03. The highest BCUT2D eigenvalue weighted by Crippen LogP contribution is 2.21. The molecule has 0 atom stereocenters. The van der Waals surface area contributed by atoms with Gasteiger partial charge in [-0.15, -0.1) is 0 Å². The van der Waals surface area contributed by atoms with Gasteiger partial charge in [0, 0.05) is 5.56 Å². The second-order valence-electron chi connectivity index (χ2n) is 4.83. The molecule has 19 heavy (non-hydrogen) atoms. The van der Waals surface area contributed by atoms with Gasteiger partial charge in [-0.3, -0.25) is 4.79 Å². The Balaban J connectivity index is 2.10. The maximum atomic E-state index is 10.9. The van der Waals surface area contributed by atoms with Crippen LogP contribution in [0.3, 0.4) is 0 Å². The lowest BCUT2D eigenvalue weighted by Crippen LogP contribution is -2.00. The molecule has 0 N–H and O–H groups in total.